The highest BCUT2D eigenvalue weighted by Crippen LogP contribution is 2.46. The standard InChI is InChI=1S/C38H44BrFN7O2P/c1-38(2,3)27-15-17-47(18-16-27)34-28(26-21-42-46(4)23-26)20-31(35(49-5)33(34)40)44-37-41-22-29(39)36(45-37)43-30-14-13-25(19-32(30)50(6,7)48)24-11-9-8-10-12-24/h8-14,19-23,27H,15-18H2,1-7H3,(H2,41,43,44,45). The van der Waals surface area contributed by atoms with Gasteiger partial charge in [0.15, 0.2) is 11.6 Å². The number of halogens is 2. The highest BCUT2D eigenvalue weighted by Gasteiger charge is 2.32. The zero-order valence-electron chi connectivity index (χ0n) is 29.6. The van der Waals surface area contributed by atoms with Crippen LogP contribution in [0.2, 0.25) is 0 Å². The van der Waals surface area contributed by atoms with Crippen LogP contribution in [0.25, 0.3) is 22.3 Å². The summed E-state index contributed by atoms with van der Waals surface area (Å²) in [6, 6.07) is 17.7. The number of ether oxygens (including phenoxy) is 1. The first-order valence-electron chi connectivity index (χ1n) is 16.7. The fraction of sp³-hybridized carbons (Fsp3) is 0.342. The molecule has 3 heterocycles. The number of benzene rings is 3. The van der Waals surface area contributed by atoms with E-state index in [1.165, 1.54) is 7.11 Å². The second-order valence-corrected chi connectivity index (χ2v) is 18.3. The van der Waals surface area contributed by atoms with Crippen molar-refractivity contribution in [2.75, 3.05) is 49.1 Å². The van der Waals surface area contributed by atoms with Crippen molar-refractivity contribution in [1.29, 1.82) is 0 Å². The molecule has 0 saturated carbocycles. The van der Waals surface area contributed by atoms with Crippen LogP contribution in [0.5, 0.6) is 5.75 Å². The minimum Gasteiger partial charge on any atom is -0.492 e. The molecule has 3 aromatic carbocycles. The lowest BCUT2D eigenvalue weighted by atomic mass is 9.75. The Morgan fingerprint density at radius 3 is 2.30 bits per heavy atom. The number of piperidine rings is 1. The van der Waals surface area contributed by atoms with Gasteiger partial charge in [0.1, 0.15) is 13.0 Å². The van der Waals surface area contributed by atoms with Crippen molar-refractivity contribution in [3.05, 3.63) is 83.5 Å². The van der Waals surface area contributed by atoms with Gasteiger partial charge in [-0.15, -0.1) is 0 Å². The summed E-state index contributed by atoms with van der Waals surface area (Å²) in [5, 5.41) is 11.7. The van der Waals surface area contributed by atoms with Gasteiger partial charge in [-0.05, 0) is 82.8 Å². The van der Waals surface area contributed by atoms with Gasteiger partial charge in [-0.1, -0.05) is 57.2 Å². The van der Waals surface area contributed by atoms with Crippen LogP contribution in [0, 0.1) is 17.2 Å². The third kappa shape index (κ3) is 7.59. The average Bonchev–Trinajstić information content (AvgIpc) is 3.52. The molecule has 50 heavy (non-hydrogen) atoms. The van der Waals surface area contributed by atoms with Gasteiger partial charge in [-0.3, -0.25) is 4.68 Å². The van der Waals surface area contributed by atoms with Gasteiger partial charge in [0.2, 0.25) is 5.95 Å². The fourth-order valence-electron chi connectivity index (χ4n) is 6.63. The Hall–Kier alpha value is -4.21. The number of anilines is 5. The molecule has 1 aliphatic heterocycles. The summed E-state index contributed by atoms with van der Waals surface area (Å²) in [4.78, 5) is 11.4. The molecule has 262 valence electrons. The Labute approximate surface area is 302 Å². The summed E-state index contributed by atoms with van der Waals surface area (Å²) in [5.74, 6) is 0.857. The van der Waals surface area contributed by atoms with E-state index in [1.807, 2.05) is 67.8 Å². The first-order valence-corrected chi connectivity index (χ1v) is 20.1. The Bertz CT molecular complexity index is 2050. The molecular weight excluding hydrogens is 716 g/mol. The van der Waals surface area contributed by atoms with Gasteiger partial charge in [0.05, 0.1) is 34.8 Å². The molecule has 6 rings (SSSR count). The van der Waals surface area contributed by atoms with Crippen molar-refractivity contribution in [2.45, 2.75) is 33.6 Å². The van der Waals surface area contributed by atoms with Crippen LogP contribution in [0.3, 0.4) is 0 Å². The maximum Gasteiger partial charge on any atom is 0.229 e. The maximum atomic E-state index is 16.7. The van der Waals surface area contributed by atoms with E-state index in [4.69, 9.17) is 9.72 Å². The number of nitrogens with zero attached hydrogens (tertiary/aromatic N) is 5. The second-order valence-electron chi connectivity index (χ2n) is 14.3. The highest BCUT2D eigenvalue weighted by molar-refractivity contribution is 9.10. The van der Waals surface area contributed by atoms with Crippen LogP contribution in [-0.2, 0) is 11.6 Å². The van der Waals surface area contributed by atoms with Crippen LogP contribution in [0.4, 0.5) is 33.2 Å². The van der Waals surface area contributed by atoms with Crippen molar-refractivity contribution in [3.63, 3.8) is 0 Å². The minimum absolute atomic E-state index is 0.0725. The van der Waals surface area contributed by atoms with Crippen LogP contribution in [0.15, 0.2) is 77.7 Å². The number of hydrogen-bond donors (Lipinski definition) is 2. The third-order valence-electron chi connectivity index (χ3n) is 9.38. The summed E-state index contributed by atoms with van der Waals surface area (Å²) in [5.41, 5.74) is 5.25. The van der Waals surface area contributed by atoms with Gasteiger partial charge < -0.3 is 24.8 Å². The van der Waals surface area contributed by atoms with Crippen LogP contribution < -0.4 is 25.6 Å². The van der Waals surface area contributed by atoms with Crippen LogP contribution in [-0.4, -0.2) is 53.3 Å². The summed E-state index contributed by atoms with van der Waals surface area (Å²) in [7, 11) is 0.604. The zero-order chi connectivity index (χ0) is 35.8. The molecule has 9 nitrogen and oxygen atoms in total. The zero-order valence-corrected chi connectivity index (χ0v) is 32.1. The normalized spacial score (nSPS) is 14.1. The lowest BCUT2D eigenvalue weighted by Crippen LogP contribution is -2.38. The Kier molecular flexibility index (Phi) is 10.1. The highest BCUT2D eigenvalue weighted by atomic mass is 79.9. The summed E-state index contributed by atoms with van der Waals surface area (Å²) in [6.07, 6.45) is 7.20. The molecule has 0 amide bonds. The van der Waals surface area contributed by atoms with Crippen molar-refractivity contribution < 1.29 is 13.7 Å². The summed E-state index contributed by atoms with van der Waals surface area (Å²) in [6.45, 7) is 11.8. The predicted molar refractivity (Wildman–Crippen MR) is 207 cm³/mol. The Morgan fingerprint density at radius 1 is 0.960 bits per heavy atom. The van der Waals surface area contributed by atoms with Crippen molar-refractivity contribution in [2.24, 2.45) is 18.4 Å². The number of aromatic nitrogens is 4. The van der Waals surface area contributed by atoms with E-state index in [0.29, 0.717) is 44.1 Å². The van der Waals surface area contributed by atoms with Crippen molar-refractivity contribution in [1.82, 2.24) is 19.7 Å². The number of methoxy groups -OCH3 is 1. The van der Waals surface area contributed by atoms with E-state index in [2.05, 4.69) is 62.3 Å². The molecule has 2 N–H and O–H groups in total. The Balaban J connectivity index is 1.35. The summed E-state index contributed by atoms with van der Waals surface area (Å²) >= 11 is 3.57. The second kappa shape index (κ2) is 14.2. The molecule has 2 aromatic heterocycles. The van der Waals surface area contributed by atoms with Crippen molar-refractivity contribution in [3.8, 4) is 28.0 Å². The van der Waals surface area contributed by atoms with Gasteiger partial charge >= 0.3 is 0 Å². The molecular formula is C38H44BrFN7O2P. The molecule has 1 aliphatic rings. The van der Waals surface area contributed by atoms with E-state index in [1.54, 1.807) is 30.4 Å². The monoisotopic (exact) mass is 759 g/mol. The molecule has 0 atom stereocenters. The molecule has 0 bridgehead atoms. The largest absolute Gasteiger partial charge is 0.492 e. The quantitative estimate of drug-likeness (QED) is 0.144. The molecule has 0 aliphatic carbocycles. The van der Waals surface area contributed by atoms with Crippen LogP contribution in [0.1, 0.15) is 33.6 Å². The number of nitrogens with one attached hydrogen (secondary N) is 2. The van der Waals surface area contributed by atoms with E-state index in [9.17, 15) is 4.57 Å². The van der Waals surface area contributed by atoms with Gasteiger partial charge in [0, 0.05) is 49.0 Å². The van der Waals surface area contributed by atoms with Gasteiger partial charge in [-0.25, -0.2) is 9.37 Å². The predicted octanol–water partition coefficient (Wildman–Crippen LogP) is 9.45. The van der Waals surface area contributed by atoms with Gasteiger partial charge in [0.25, 0.3) is 0 Å². The first kappa shape index (κ1) is 35.6. The molecule has 1 fully saturated rings. The van der Waals surface area contributed by atoms with Crippen LogP contribution >= 0.6 is 23.1 Å². The maximum absolute atomic E-state index is 16.7. The van der Waals surface area contributed by atoms with Crippen molar-refractivity contribution >= 4 is 57.2 Å². The number of aryl methyl sites for hydroxylation is 1. The summed E-state index contributed by atoms with van der Waals surface area (Å²) < 4.78 is 38.2. The third-order valence-corrected chi connectivity index (χ3v) is 11.5. The number of rotatable bonds is 9. The first-order chi connectivity index (χ1) is 23.7. The lowest BCUT2D eigenvalue weighted by Gasteiger charge is -2.40. The topological polar surface area (TPSA) is 97.2 Å². The van der Waals surface area contributed by atoms with E-state index in [-0.39, 0.29) is 17.1 Å². The molecule has 1 saturated heterocycles. The van der Waals surface area contributed by atoms with E-state index < -0.39 is 13.0 Å². The molecule has 0 unspecified atom stereocenters. The SMILES string of the molecule is COc1c(Nc2ncc(Br)c(Nc3ccc(-c4ccccc4)cc3P(C)(C)=O)n2)cc(-c2cnn(C)c2)c(N2CCC(C(C)(C)C)CC2)c1F. The fourth-order valence-corrected chi connectivity index (χ4v) is 8.08. The molecule has 0 radical (unpaired) electrons. The van der Waals surface area contributed by atoms with E-state index >= 15 is 4.39 Å². The van der Waals surface area contributed by atoms with Gasteiger partial charge in [-0.2, -0.15) is 10.1 Å². The molecule has 5 aromatic rings. The lowest BCUT2D eigenvalue weighted by molar-refractivity contribution is 0.198. The molecule has 12 heteroatoms. The minimum atomic E-state index is -2.71. The Morgan fingerprint density at radius 2 is 1.68 bits per heavy atom. The smallest absolute Gasteiger partial charge is 0.229 e. The average molecular weight is 761 g/mol. The number of hydrogen-bond acceptors (Lipinski definition) is 8. The molecule has 0 spiro atoms. The van der Waals surface area contributed by atoms with E-state index in [0.717, 1.165) is 42.6 Å².